The predicted molar refractivity (Wildman–Crippen MR) is 106 cm³/mol. The third-order valence-corrected chi connectivity index (χ3v) is 4.71. The van der Waals surface area contributed by atoms with Crippen molar-refractivity contribution in [2.24, 2.45) is 5.73 Å². The van der Waals surface area contributed by atoms with Gasteiger partial charge in [-0.3, -0.25) is 9.59 Å². The number of hydrogen-bond donors (Lipinski definition) is 2. The van der Waals surface area contributed by atoms with E-state index in [4.69, 9.17) is 10.5 Å². The van der Waals surface area contributed by atoms with E-state index in [1.165, 1.54) is 11.3 Å². The molecule has 6 nitrogen and oxygen atoms in total. The number of aromatic nitrogens is 1. The van der Waals surface area contributed by atoms with Crippen LogP contribution in [-0.4, -0.2) is 23.4 Å². The molecule has 3 N–H and O–H groups in total. The topological polar surface area (TPSA) is 94.3 Å². The first-order valence-electron chi connectivity index (χ1n) is 8.43. The third-order valence-electron chi connectivity index (χ3n) is 3.77. The number of ether oxygens (including phenoxy) is 1. The van der Waals surface area contributed by atoms with Crippen LogP contribution in [0.25, 0.3) is 10.6 Å². The lowest BCUT2D eigenvalue weighted by Gasteiger charge is -2.07. The number of nitrogens with one attached hydrogen (secondary N) is 1. The van der Waals surface area contributed by atoms with E-state index in [9.17, 15) is 9.59 Å². The van der Waals surface area contributed by atoms with Gasteiger partial charge in [0.2, 0.25) is 5.91 Å². The van der Waals surface area contributed by atoms with E-state index in [-0.39, 0.29) is 17.9 Å². The lowest BCUT2D eigenvalue weighted by atomic mass is 10.1. The molecule has 0 bridgehead atoms. The number of hydrogen-bond acceptors (Lipinski definition) is 5. The van der Waals surface area contributed by atoms with Crippen LogP contribution < -0.4 is 15.8 Å². The summed E-state index contributed by atoms with van der Waals surface area (Å²) < 4.78 is 5.43. The van der Waals surface area contributed by atoms with Crippen LogP contribution in [0.15, 0.2) is 53.9 Å². The van der Waals surface area contributed by atoms with E-state index >= 15 is 0 Å². The quantitative estimate of drug-likeness (QED) is 0.655. The number of benzene rings is 2. The average molecular weight is 381 g/mol. The van der Waals surface area contributed by atoms with Gasteiger partial charge in [0.25, 0.3) is 5.91 Å². The van der Waals surface area contributed by atoms with Crippen molar-refractivity contribution in [2.45, 2.75) is 13.3 Å². The Kier molecular flexibility index (Phi) is 5.83. The van der Waals surface area contributed by atoms with Gasteiger partial charge >= 0.3 is 0 Å². The van der Waals surface area contributed by atoms with Crippen LogP contribution in [0.1, 0.15) is 23.0 Å². The minimum atomic E-state index is -0.586. The van der Waals surface area contributed by atoms with Crippen LogP contribution in [0.4, 0.5) is 5.69 Å². The SMILES string of the molecule is CCOc1ccc(-c2nc(CC(=O)Nc3ccccc3C(N)=O)cs2)cc1. The molecule has 3 rings (SSSR count). The van der Waals surface area contributed by atoms with Crippen LogP contribution in [0, 0.1) is 0 Å². The summed E-state index contributed by atoms with van der Waals surface area (Å²) in [6.45, 7) is 2.56. The number of carbonyl (C=O) groups is 2. The van der Waals surface area contributed by atoms with Crippen molar-refractivity contribution in [1.82, 2.24) is 4.98 Å². The number of amides is 2. The van der Waals surface area contributed by atoms with E-state index in [0.29, 0.717) is 18.0 Å². The fourth-order valence-electron chi connectivity index (χ4n) is 2.55. The monoisotopic (exact) mass is 381 g/mol. The van der Waals surface area contributed by atoms with Gasteiger partial charge in [-0.25, -0.2) is 4.98 Å². The van der Waals surface area contributed by atoms with Crippen LogP contribution in [0.3, 0.4) is 0 Å². The predicted octanol–water partition coefficient (Wildman–Crippen LogP) is 3.49. The second kappa shape index (κ2) is 8.46. The fourth-order valence-corrected chi connectivity index (χ4v) is 3.37. The van der Waals surface area contributed by atoms with Gasteiger partial charge in [0.1, 0.15) is 10.8 Å². The zero-order chi connectivity index (χ0) is 19.2. The molecule has 2 aromatic carbocycles. The first-order valence-corrected chi connectivity index (χ1v) is 9.31. The maximum Gasteiger partial charge on any atom is 0.250 e. The van der Waals surface area contributed by atoms with Gasteiger partial charge in [0.15, 0.2) is 0 Å². The highest BCUT2D eigenvalue weighted by atomic mass is 32.1. The molecule has 138 valence electrons. The Morgan fingerprint density at radius 2 is 1.89 bits per heavy atom. The maximum atomic E-state index is 12.3. The molecule has 0 atom stereocenters. The van der Waals surface area contributed by atoms with Crippen LogP contribution in [0.5, 0.6) is 5.75 Å². The number of anilines is 1. The van der Waals surface area contributed by atoms with Gasteiger partial charge in [-0.05, 0) is 43.3 Å². The summed E-state index contributed by atoms with van der Waals surface area (Å²) in [5.41, 5.74) is 7.64. The molecule has 7 heteroatoms. The average Bonchev–Trinajstić information content (AvgIpc) is 3.11. The molecular weight excluding hydrogens is 362 g/mol. The van der Waals surface area contributed by atoms with Crippen molar-refractivity contribution >= 4 is 28.8 Å². The summed E-state index contributed by atoms with van der Waals surface area (Å²) in [4.78, 5) is 28.3. The Bertz CT molecular complexity index is 951. The Labute approximate surface area is 161 Å². The highest BCUT2D eigenvalue weighted by Gasteiger charge is 2.13. The number of rotatable bonds is 7. The first kappa shape index (κ1) is 18.6. The molecule has 1 aromatic heterocycles. The summed E-state index contributed by atoms with van der Waals surface area (Å²) >= 11 is 1.47. The second-order valence-corrected chi connectivity index (χ2v) is 6.59. The van der Waals surface area contributed by atoms with Crippen molar-refractivity contribution in [2.75, 3.05) is 11.9 Å². The Morgan fingerprint density at radius 3 is 2.59 bits per heavy atom. The van der Waals surface area contributed by atoms with Crippen LogP contribution in [-0.2, 0) is 11.2 Å². The first-order chi connectivity index (χ1) is 13.1. The van der Waals surface area contributed by atoms with Gasteiger partial charge in [-0.2, -0.15) is 0 Å². The third kappa shape index (κ3) is 4.71. The molecule has 0 aliphatic heterocycles. The highest BCUT2D eigenvalue weighted by molar-refractivity contribution is 7.13. The zero-order valence-corrected chi connectivity index (χ0v) is 15.6. The molecule has 0 radical (unpaired) electrons. The normalized spacial score (nSPS) is 10.4. The summed E-state index contributed by atoms with van der Waals surface area (Å²) in [5.74, 6) is -0.0323. The molecule has 0 saturated heterocycles. The number of para-hydroxylation sites is 1. The lowest BCUT2D eigenvalue weighted by Crippen LogP contribution is -2.19. The Balaban J connectivity index is 1.67. The van der Waals surface area contributed by atoms with Gasteiger partial charge in [0, 0.05) is 10.9 Å². The highest BCUT2D eigenvalue weighted by Crippen LogP contribution is 2.26. The number of thiazole rings is 1. The molecule has 27 heavy (non-hydrogen) atoms. The van der Waals surface area contributed by atoms with Crippen molar-refractivity contribution in [3.05, 3.63) is 65.2 Å². The minimum absolute atomic E-state index is 0.112. The van der Waals surface area contributed by atoms with E-state index in [2.05, 4.69) is 10.3 Å². The van der Waals surface area contributed by atoms with E-state index < -0.39 is 5.91 Å². The number of nitrogens with two attached hydrogens (primary N) is 1. The molecule has 0 aliphatic rings. The van der Waals surface area contributed by atoms with Gasteiger partial charge < -0.3 is 15.8 Å². The van der Waals surface area contributed by atoms with Crippen molar-refractivity contribution < 1.29 is 14.3 Å². The largest absolute Gasteiger partial charge is 0.494 e. The smallest absolute Gasteiger partial charge is 0.250 e. The van der Waals surface area contributed by atoms with Crippen molar-refractivity contribution in [3.8, 4) is 16.3 Å². The van der Waals surface area contributed by atoms with Crippen molar-refractivity contribution in [3.63, 3.8) is 0 Å². The molecule has 0 fully saturated rings. The van der Waals surface area contributed by atoms with Gasteiger partial charge in [-0.15, -0.1) is 11.3 Å². The second-order valence-electron chi connectivity index (χ2n) is 5.74. The molecule has 2 amide bonds. The molecular formula is C20H19N3O3S. The fraction of sp³-hybridized carbons (Fsp3) is 0.150. The van der Waals surface area contributed by atoms with Gasteiger partial charge in [0.05, 0.1) is 30.0 Å². The van der Waals surface area contributed by atoms with E-state index in [0.717, 1.165) is 16.3 Å². The maximum absolute atomic E-state index is 12.3. The van der Waals surface area contributed by atoms with Crippen LogP contribution >= 0.6 is 11.3 Å². The summed E-state index contributed by atoms with van der Waals surface area (Å²) in [7, 11) is 0. The molecule has 0 spiro atoms. The summed E-state index contributed by atoms with van der Waals surface area (Å²) in [5, 5.41) is 5.40. The molecule has 3 aromatic rings. The standard InChI is InChI=1S/C20H19N3O3S/c1-2-26-15-9-7-13(8-10-15)20-22-14(12-27-20)11-18(24)23-17-6-4-3-5-16(17)19(21)25/h3-10,12H,2,11H2,1H3,(H2,21,25)(H,23,24). The zero-order valence-electron chi connectivity index (χ0n) is 14.8. The van der Waals surface area contributed by atoms with Crippen LogP contribution in [0.2, 0.25) is 0 Å². The number of carbonyl (C=O) groups excluding carboxylic acids is 2. The Morgan fingerprint density at radius 1 is 1.15 bits per heavy atom. The summed E-state index contributed by atoms with van der Waals surface area (Å²) in [6.07, 6.45) is 0.112. The molecule has 0 saturated carbocycles. The van der Waals surface area contributed by atoms with E-state index in [1.807, 2.05) is 36.6 Å². The lowest BCUT2D eigenvalue weighted by molar-refractivity contribution is -0.115. The summed E-state index contributed by atoms with van der Waals surface area (Å²) in [6, 6.07) is 14.3. The number of primary amides is 1. The van der Waals surface area contributed by atoms with Crippen molar-refractivity contribution in [1.29, 1.82) is 0 Å². The van der Waals surface area contributed by atoms with Gasteiger partial charge in [-0.1, -0.05) is 12.1 Å². The molecule has 0 unspecified atom stereocenters. The Hall–Kier alpha value is -3.19. The number of nitrogens with zero attached hydrogens (tertiary/aromatic N) is 1. The molecule has 0 aliphatic carbocycles. The minimum Gasteiger partial charge on any atom is -0.494 e. The van der Waals surface area contributed by atoms with E-state index in [1.54, 1.807) is 24.3 Å². The molecule has 1 heterocycles.